The standard InChI is InChI=1S/C17H29FN2/c1-5-8-13-20(7-3)16-11-9-10-15(18)17(16)14(4)19-12-6-2/h9-11,14,19H,5-8,12-13H2,1-4H3. The maximum atomic E-state index is 14.3. The van der Waals surface area contributed by atoms with Crippen molar-refractivity contribution < 1.29 is 4.39 Å². The molecule has 0 aliphatic carbocycles. The van der Waals surface area contributed by atoms with Gasteiger partial charge in [0.2, 0.25) is 0 Å². The molecule has 0 saturated heterocycles. The number of anilines is 1. The van der Waals surface area contributed by atoms with Gasteiger partial charge in [-0.1, -0.05) is 26.3 Å². The van der Waals surface area contributed by atoms with Crippen LogP contribution in [0.25, 0.3) is 0 Å². The second-order valence-electron chi connectivity index (χ2n) is 5.28. The molecule has 0 aliphatic heterocycles. The highest BCUT2D eigenvalue weighted by Gasteiger charge is 2.18. The van der Waals surface area contributed by atoms with Crippen molar-refractivity contribution in [3.63, 3.8) is 0 Å². The average molecular weight is 280 g/mol. The average Bonchev–Trinajstić information content (AvgIpc) is 2.45. The number of hydrogen-bond acceptors (Lipinski definition) is 2. The van der Waals surface area contributed by atoms with Gasteiger partial charge in [0.05, 0.1) is 0 Å². The van der Waals surface area contributed by atoms with E-state index >= 15 is 0 Å². The topological polar surface area (TPSA) is 15.3 Å². The van der Waals surface area contributed by atoms with Crippen molar-refractivity contribution in [1.29, 1.82) is 0 Å². The zero-order chi connectivity index (χ0) is 15.0. The lowest BCUT2D eigenvalue weighted by Gasteiger charge is -2.28. The zero-order valence-electron chi connectivity index (χ0n) is 13.4. The summed E-state index contributed by atoms with van der Waals surface area (Å²) in [4.78, 5) is 2.28. The van der Waals surface area contributed by atoms with E-state index in [0.29, 0.717) is 0 Å². The normalized spacial score (nSPS) is 12.4. The summed E-state index contributed by atoms with van der Waals surface area (Å²) >= 11 is 0. The maximum Gasteiger partial charge on any atom is 0.130 e. The Morgan fingerprint density at radius 3 is 2.55 bits per heavy atom. The molecule has 0 radical (unpaired) electrons. The summed E-state index contributed by atoms with van der Waals surface area (Å²) in [6.45, 7) is 11.3. The Hall–Kier alpha value is -1.09. The lowest BCUT2D eigenvalue weighted by Crippen LogP contribution is -2.28. The Labute approximate surface area is 123 Å². The molecule has 1 rings (SSSR count). The third-order valence-electron chi connectivity index (χ3n) is 3.67. The van der Waals surface area contributed by atoms with Crippen LogP contribution in [0.1, 0.15) is 58.6 Å². The van der Waals surface area contributed by atoms with Crippen LogP contribution < -0.4 is 10.2 Å². The molecule has 1 atom stereocenters. The molecular formula is C17H29FN2. The molecule has 0 bridgehead atoms. The molecule has 0 spiro atoms. The fourth-order valence-electron chi connectivity index (χ4n) is 2.49. The highest BCUT2D eigenvalue weighted by molar-refractivity contribution is 5.55. The fourth-order valence-corrected chi connectivity index (χ4v) is 2.49. The number of nitrogens with zero attached hydrogens (tertiary/aromatic N) is 1. The highest BCUT2D eigenvalue weighted by Crippen LogP contribution is 2.29. The van der Waals surface area contributed by atoms with Crippen LogP contribution in [0.15, 0.2) is 18.2 Å². The summed E-state index contributed by atoms with van der Waals surface area (Å²) in [6, 6.07) is 5.47. The Kier molecular flexibility index (Phi) is 7.60. The molecule has 20 heavy (non-hydrogen) atoms. The minimum atomic E-state index is -0.103. The van der Waals surface area contributed by atoms with E-state index in [2.05, 4.69) is 31.0 Å². The molecule has 114 valence electrons. The number of hydrogen-bond donors (Lipinski definition) is 1. The lowest BCUT2D eigenvalue weighted by molar-refractivity contribution is 0.525. The van der Waals surface area contributed by atoms with Crippen molar-refractivity contribution in [3.8, 4) is 0 Å². The van der Waals surface area contributed by atoms with Crippen LogP contribution in [0.5, 0.6) is 0 Å². The van der Waals surface area contributed by atoms with Crippen LogP contribution in [-0.2, 0) is 0 Å². The number of benzene rings is 1. The summed E-state index contributed by atoms with van der Waals surface area (Å²) in [5.74, 6) is -0.103. The van der Waals surface area contributed by atoms with Crippen LogP contribution in [0.4, 0.5) is 10.1 Å². The first kappa shape index (κ1) is 17.0. The zero-order valence-corrected chi connectivity index (χ0v) is 13.4. The second-order valence-corrected chi connectivity index (χ2v) is 5.28. The summed E-state index contributed by atoms with van der Waals surface area (Å²) in [5, 5.41) is 3.40. The summed E-state index contributed by atoms with van der Waals surface area (Å²) in [7, 11) is 0. The molecule has 1 unspecified atom stereocenters. The van der Waals surface area contributed by atoms with Crippen LogP contribution in [0, 0.1) is 5.82 Å². The third kappa shape index (κ3) is 4.48. The number of halogens is 1. The van der Waals surface area contributed by atoms with E-state index in [-0.39, 0.29) is 11.9 Å². The molecule has 1 aromatic rings. The lowest BCUT2D eigenvalue weighted by atomic mass is 10.0. The quantitative estimate of drug-likeness (QED) is 0.716. The van der Waals surface area contributed by atoms with Gasteiger partial charge < -0.3 is 10.2 Å². The van der Waals surface area contributed by atoms with E-state index in [0.717, 1.165) is 50.1 Å². The van der Waals surface area contributed by atoms with Gasteiger partial charge >= 0.3 is 0 Å². The van der Waals surface area contributed by atoms with Gasteiger partial charge in [0, 0.05) is 30.4 Å². The van der Waals surface area contributed by atoms with Crippen molar-refractivity contribution in [2.75, 3.05) is 24.5 Å². The van der Waals surface area contributed by atoms with E-state index in [1.54, 1.807) is 6.07 Å². The molecule has 0 aliphatic rings. The number of unbranched alkanes of at least 4 members (excludes halogenated alkanes) is 1. The molecule has 0 saturated carbocycles. The molecule has 0 aromatic heterocycles. The maximum absolute atomic E-state index is 14.3. The van der Waals surface area contributed by atoms with Crippen LogP contribution >= 0.6 is 0 Å². The molecule has 1 N–H and O–H groups in total. The van der Waals surface area contributed by atoms with Crippen molar-refractivity contribution >= 4 is 5.69 Å². The van der Waals surface area contributed by atoms with Crippen molar-refractivity contribution in [1.82, 2.24) is 5.32 Å². The van der Waals surface area contributed by atoms with E-state index in [4.69, 9.17) is 0 Å². The van der Waals surface area contributed by atoms with Gasteiger partial charge in [-0.05, 0) is 45.4 Å². The van der Waals surface area contributed by atoms with E-state index in [1.807, 2.05) is 19.1 Å². The Morgan fingerprint density at radius 2 is 1.95 bits per heavy atom. The largest absolute Gasteiger partial charge is 0.371 e. The van der Waals surface area contributed by atoms with Gasteiger partial charge in [-0.15, -0.1) is 0 Å². The van der Waals surface area contributed by atoms with Gasteiger partial charge in [0.25, 0.3) is 0 Å². The summed E-state index contributed by atoms with van der Waals surface area (Å²) in [5.41, 5.74) is 1.84. The number of rotatable bonds is 9. The SMILES string of the molecule is CCCCN(CC)c1cccc(F)c1C(C)NCCC. The van der Waals surface area contributed by atoms with Crippen molar-refractivity contribution in [2.24, 2.45) is 0 Å². The smallest absolute Gasteiger partial charge is 0.130 e. The van der Waals surface area contributed by atoms with Crippen molar-refractivity contribution in [2.45, 2.75) is 53.0 Å². The summed E-state index contributed by atoms with van der Waals surface area (Å²) in [6.07, 6.45) is 3.35. The van der Waals surface area contributed by atoms with E-state index in [9.17, 15) is 4.39 Å². The van der Waals surface area contributed by atoms with Crippen molar-refractivity contribution in [3.05, 3.63) is 29.6 Å². The van der Waals surface area contributed by atoms with Gasteiger partial charge in [0.15, 0.2) is 0 Å². The van der Waals surface area contributed by atoms with Gasteiger partial charge in [0.1, 0.15) is 5.82 Å². The Morgan fingerprint density at radius 1 is 1.20 bits per heavy atom. The third-order valence-corrected chi connectivity index (χ3v) is 3.67. The monoisotopic (exact) mass is 280 g/mol. The van der Waals surface area contributed by atoms with Gasteiger partial charge in [-0.2, -0.15) is 0 Å². The first-order chi connectivity index (χ1) is 9.65. The molecule has 3 heteroatoms. The Bertz CT molecular complexity index is 393. The van der Waals surface area contributed by atoms with Gasteiger partial charge in [-0.3, -0.25) is 0 Å². The molecule has 0 fully saturated rings. The second kappa shape index (κ2) is 8.96. The predicted octanol–water partition coefficient (Wildman–Crippen LogP) is 4.51. The fraction of sp³-hybridized carbons (Fsp3) is 0.647. The van der Waals surface area contributed by atoms with Crippen LogP contribution in [0.3, 0.4) is 0 Å². The molecule has 2 nitrogen and oxygen atoms in total. The number of nitrogens with one attached hydrogen (secondary N) is 1. The Balaban J connectivity index is 3.01. The molecule has 1 aromatic carbocycles. The van der Waals surface area contributed by atoms with Gasteiger partial charge in [-0.25, -0.2) is 4.39 Å². The molecular weight excluding hydrogens is 251 g/mol. The van der Waals surface area contributed by atoms with E-state index in [1.165, 1.54) is 0 Å². The molecule has 0 amide bonds. The van der Waals surface area contributed by atoms with E-state index < -0.39 is 0 Å². The van der Waals surface area contributed by atoms with Crippen LogP contribution in [-0.4, -0.2) is 19.6 Å². The molecule has 0 heterocycles. The minimum absolute atomic E-state index is 0.0434. The first-order valence-corrected chi connectivity index (χ1v) is 7.92. The van der Waals surface area contributed by atoms with Crippen LogP contribution in [0.2, 0.25) is 0 Å². The minimum Gasteiger partial charge on any atom is -0.371 e. The first-order valence-electron chi connectivity index (χ1n) is 7.92. The predicted molar refractivity (Wildman–Crippen MR) is 85.9 cm³/mol. The highest BCUT2D eigenvalue weighted by atomic mass is 19.1. The summed E-state index contributed by atoms with van der Waals surface area (Å²) < 4.78 is 14.3.